The maximum absolute atomic E-state index is 14.5. The second-order valence-corrected chi connectivity index (χ2v) is 12.1. The normalized spacial score (nSPS) is 17.0. The van der Waals surface area contributed by atoms with Gasteiger partial charge in [-0.25, -0.2) is 4.98 Å². The van der Waals surface area contributed by atoms with Crippen LogP contribution >= 0.6 is 0 Å². The molecule has 3 aromatic rings. The van der Waals surface area contributed by atoms with E-state index in [2.05, 4.69) is 20.5 Å². The minimum Gasteiger partial charge on any atom is -0.448 e. The summed E-state index contributed by atoms with van der Waals surface area (Å²) >= 11 is 0. The number of hydrogen-bond acceptors (Lipinski definition) is 7. The lowest BCUT2D eigenvalue weighted by Gasteiger charge is -2.39. The number of nitrogens with one attached hydrogen (secondary N) is 2. The van der Waals surface area contributed by atoms with Gasteiger partial charge in [0.15, 0.2) is 11.6 Å². The van der Waals surface area contributed by atoms with Gasteiger partial charge in [-0.1, -0.05) is 18.2 Å². The number of aryl methyl sites for hydroxylation is 1. The number of aromatic nitrogens is 1. The number of amides is 3. The molecule has 3 fully saturated rings. The Labute approximate surface area is 264 Å². The van der Waals surface area contributed by atoms with Gasteiger partial charge in [0, 0.05) is 63.8 Å². The van der Waals surface area contributed by atoms with Crippen molar-refractivity contribution in [2.75, 3.05) is 60.9 Å². The molecule has 3 heterocycles. The first kappa shape index (κ1) is 31.4. The van der Waals surface area contributed by atoms with E-state index in [9.17, 15) is 27.6 Å². The average molecular weight is 639 g/mol. The number of para-hydroxylation sites is 1. The zero-order valence-corrected chi connectivity index (χ0v) is 25.7. The molecule has 3 amide bonds. The van der Waals surface area contributed by atoms with Crippen LogP contribution in [0.3, 0.4) is 0 Å². The van der Waals surface area contributed by atoms with Crippen LogP contribution in [0.2, 0.25) is 0 Å². The van der Waals surface area contributed by atoms with Crippen LogP contribution < -0.4 is 20.4 Å². The third kappa shape index (κ3) is 6.97. The number of oxazole rings is 1. The molecule has 1 aromatic heterocycles. The molecule has 2 N–H and O–H groups in total. The standard InChI is InChI=1S/C33H37F3N6O4/c1-21-6-2-3-7-27(21)40-14-16-41(17-15-40)28-19-24(33(34,35)36)23(30(44)37-11-5-13-42-12-4-8-29(42)43)18-25(28)38-31(45)26-20-46-32(39-26)22-9-10-22/h2-3,6-7,18-20,22H,4-5,8-17H2,1H3,(H,37,44)(H,38,45). The molecular weight excluding hydrogens is 601 g/mol. The summed E-state index contributed by atoms with van der Waals surface area (Å²) in [4.78, 5) is 48.3. The fourth-order valence-corrected chi connectivity index (χ4v) is 6.08. The highest BCUT2D eigenvalue weighted by molar-refractivity contribution is 6.06. The fourth-order valence-electron chi connectivity index (χ4n) is 6.08. The van der Waals surface area contributed by atoms with Gasteiger partial charge in [0.1, 0.15) is 6.26 Å². The van der Waals surface area contributed by atoms with Gasteiger partial charge < -0.3 is 29.8 Å². The molecule has 3 aliphatic rings. The molecule has 0 unspecified atom stereocenters. The molecule has 46 heavy (non-hydrogen) atoms. The molecule has 0 radical (unpaired) electrons. The Morgan fingerprint density at radius 1 is 1.00 bits per heavy atom. The maximum Gasteiger partial charge on any atom is 0.417 e. The van der Waals surface area contributed by atoms with Crippen LogP contribution in [0.25, 0.3) is 0 Å². The monoisotopic (exact) mass is 638 g/mol. The van der Waals surface area contributed by atoms with Crippen molar-refractivity contribution in [3.05, 3.63) is 70.9 Å². The van der Waals surface area contributed by atoms with Crippen LogP contribution in [0.4, 0.5) is 30.2 Å². The number of alkyl halides is 3. The van der Waals surface area contributed by atoms with E-state index in [-0.39, 0.29) is 35.4 Å². The highest BCUT2D eigenvalue weighted by Crippen LogP contribution is 2.41. The predicted molar refractivity (Wildman–Crippen MR) is 166 cm³/mol. The zero-order chi connectivity index (χ0) is 32.4. The summed E-state index contributed by atoms with van der Waals surface area (Å²) in [5.74, 6) is -0.883. The summed E-state index contributed by atoms with van der Waals surface area (Å²) in [6.07, 6.45) is -0.0802. The number of piperazine rings is 1. The topological polar surface area (TPSA) is 111 Å². The Bertz CT molecular complexity index is 1610. The Balaban J connectivity index is 1.26. The van der Waals surface area contributed by atoms with Gasteiger partial charge in [0.25, 0.3) is 11.8 Å². The number of likely N-dealkylation sites (tertiary alicyclic amines) is 1. The molecule has 0 atom stereocenters. The third-order valence-electron chi connectivity index (χ3n) is 8.75. The summed E-state index contributed by atoms with van der Waals surface area (Å²) < 4.78 is 49.0. The van der Waals surface area contributed by atoms with E-state index in [0.29, 0.717) is 58.0 Å². The number of carbonyl (C=O) groups is 3. The number of hydrogen-bond donors (Lipinski definition) is 2. The lowest BCUT2D eigenvalue weighted by Crippen LogP contribution is -2.47. The molecule has 244 valence electrons. The quantitative estimate of drug-likeness (QED) is 0.294. The molecule has 2 saturated heterocycles. The van der Waals surface area contributed by atoms with Crippen molar-refractivity contribution < 1.29 is 32.0 Å². The van der Waals surface area contributed by atoms with Crippen LogP contribution in [0.15, 0.2) is 47.1 Å². The molecule has 0 bridgehead atoms. The largest absolute Gasteiger partial charge is 0.448 e. The molecular formula is C33H37F3N6O4. The number of benzene rings is 2. The summed E-state index contributed by atoms with van der Waals surface area (Å²) in [5, 5.41) is 5.30. The molecule has 6 rings (SSSR count). The van der Waals surface area contributed by atoms with Crippen molar-refractivity contribution in [1.82, 2.24) is 15.2 Å². The van der Waals surface area contributed by atoms with Crippen LogP contribution in [0, 0.1) is 6.92 Å². The Kier molecular flexibility index (Phi) is 8.92. The highest BCUT2D eigenvalue weighted by Gasteiger charge is 2.38. The van der Waals surface area contributed by atoms with Crippen molar-refractivity contribution in [3.63, 3.8) is 0 Å². The van der Waals surface area contributed by atoms with Gasteiger partial charge in [-0.05, 0) is 56.4 Å². The lowest BCUT2D eigenvalue weighted by atomic mass is 10.0. The van der Waals surface area contributed by atoms with E-state index in [4.69, 9.17) is 4.42 Å². The van der Waals surface area contributed by atoms with Crippen LogP contribution in [0.5, 0.6) is 0 Å². The van der Waals surface area contributed by atoms with Gasteiger partial charge in [0.05, 0.1) is 22.5 Å². The molecule has 10 nitrogen and oxygen atoms in total. The van der Waals surface area contributed by atoms with Crippen LogP contribution in [0.1, 0.15) is 75.9 Å². The van der Waals surface area contributed by atoms with Crippen molar-refractivity contribution in [1.29, 1.82) is 0 Å². The Morgan fingerprint density at radius 3 is 2.37 bits per heavy atom. The first-order valence-electron chi connectivity index (χ1n) is 15.7. The van der Waals surface area contributed by atoms with Crippen LogP contribution in [-0.2, 0) is 11.0 Å². The number of anilines is 3. The maximum atomic E-state index is 14.5. The SMILES string of the molecule is Cc1ccccc1N1CCN(c2cc(C(F)(F)F)c(C(=O)NCCCN3CCCC3=O)cc2NC(=O)c2coc(C3CC3)n2)CC1. The van der Waals surface area contributed by atoms with Crippen molar-refractivity contribution in [2.45, 2.75) is 51.1 Å². The molecule has 1 saturated carbocycles. The minimum atomic E-state index is -4.83. The van der Waals surface area contributed by atoms with Gasteiger partial charge in [-0.3, -0.25) is 14.4 Å². The van der Waals surface area contributed by atoms with E-state index in [1.807, 2.05) is 31.2 Å². The molecule has 2 aliphatic heterocycles. The summed E-state index contributed by atoms with van der Waals surface area (Å²) in [6, 6.07) is 9.99. The van der Waals surface area contributed by atoms with Crippen LogP contribution in [-0.4, -0.2) is 73.4 Å². The third-order valence-corrected chi connectivity index (χ3v) is 8.75. The van der Waals surface area contributed by atoms with Gasteiger partial charge >= 0.3 is 6.18 Å². The number of halogens is 3. The number of carbonyl (C=O) groups excluding carboxylic acids is 3. The van der Waals surface area contributed by atoms with Crippen molar-refractivity contribution in [2.24, 2.45) is 0 Å². The molecule has 0 spiro atoms. The second-order valence-electron chi connectivity index (χ2n) is 12.1. The Hall–Kier alpha value is -4.55. The van der Waals surface area contributed by atoms with Gasteiger partial charge in [-0.15, -0.1) is 0 Å². The number of nitrogens with zero attached hydrogens (tertiary/aromatic N) is 4. The highest BCUT2D eigenvalue weighted by atomic mass is 19.4. The van der Waals surface area contributed by atoms with Crippen molar-refractivity contribution >= 4 is 34.8 Å². The number of rotatable bonds is 10. The Morgan fingerprint density at radius 2 is 1.72 bits per heavy atom. The predicted octanol–water partition coefficient (Wildman–Crippen LogP) is 5.20. The lowest BCUT2D eigenvalue weighted by molar-refractivity contribution is -0.138. The van der Waals surface area contributed by atoms with E-state index in [1.54, 1.807) is 9.80 Å². The molecule has 1 aliphatic carbocycles. The summed E-state index contributed by atoms with van der Waals surface area (Å²) in [6.45, 7) is 5.05. The van der Waals surface area contributed by atoms with Gasteiger partial charge in [0.2, 0.25) is 5.91 Å². The average Bonchev–Trinajstić information content (AvgIpc) is 3.62. The van der Waals surface area contributed by atoms with Gasteiger partial charge in [-0.2, -0.15) is 13.2 Å². The van der Waals surface area contributed by atoms with E-state index >= 15 is 0 Å². The van der Waals surface area contributed by atoms with E-state index < -0.39 is 29.1 Å². The second kappa shape index (κ2) is 13.1. The smallest absolute Gasteiger partial charge is 0.417 e. The van der Waals surface area contributed by atoms with E-state index in [0.717, 1.165) is 42.6 Å². The summed E-state index contributed by atoms with van der Waals surface area (Å²) in [7, 11) is 0. The summed E-state index contributed by atoms with van der Waals surface area (Å²) in [5.41, 5.74) is 0.729. The first-order valence-corrected chi connectivity index (χ1v) is 15.7. The first-order chi connectivity index (χ1) is 22.1. The van der Waals surface area contributed by atoms with E-state index in [1.165, 1.54) is 6.26 Å². The fraction of sp³-hybridized carbons (Fsp3) is 0.455. The van der Waals surface area contributed by atoms with Crippen molar-refractivity contribution in [3.8, 4) is 0 Å². The minimum absolute atomic E-state index is 0.0135. The molecule has 13 heteroatoms. The zero-order valence-electron chi connectivity index (χ0n) is 25.7. The molecule has 2 aromatic carbocycles.